The zero-order valence-corrected chi connectivity index (χ0v) is 10.9. The summed E-state index contributed by atoms with van der Waals surface area (Å²) in [6, 6.07) is 3.63. The minimum Gasteiger partial charge on any atom is -0.350 e. The molecule has 6 heteroatoms. The number of fused-ring (bicyclic) bond motifs is 1. The van der Waals surface area contributed by atoms with Gasteiger partial charge in [-0.25, -0.2) is 4.98 Å². The molecule has 2 aromatic rings. The quantitative estimate of drug-likeness (QED) is 0.855. The van der Waals surface area contributed by atoms with Crippen molar-refractivity contribution in [3.63, 3.8) is 0 Å². The summed E-state index contributed by atoms with van der Waals surface area (Å²) in [7, 11) is 1.82. The SMILES string of the molecule is CNCCC(=O)NCc1cn2cc(Cl)ccc2n1. The van der Waals surface area contributed by atoms with Crippen molar-refractivity contribution < 1.29 is 4.79 Å². The molecule has 2 heterocycles. The average Bonchev–Trinajstić information content (AvgIpc) is 2.75. The van der Waals surface area contributed by atoms with Crippen molar-refractivity contribution in [2.75, 3.05) is 13.6 Å². The van der Waals surface area contributed by atoms with E-state index in [1.165, 1.54) is 0 Å². The van der Waals surface area contributed by atoms with E-state index in [0.717, 1.165) is 11.3 Å². The summed E-state index contributed by atoms with van der Waals surface area (Å²) in [5, 5.41) is 6.41. The number of nitrogens with one attached hydrogen (secondary N) is 2. The maximum absolute atomic E-state index is 11.4. The molecule has 2 N–H and O–H groups in total. The Morgan fingerprint density at radius 1 is 1.44 bits per heavy atom. The predicted octanol–water partition coefficient (Wildman–Crippen LogP) is 1.21. The Kier molecular flexibility index (Phi) is 4.17. The molecule has 0 aliphatic carbocycles. The van der Waals surface area contributed by atoms with Gasteiger partial charge in [0.15, 0.2) is 0 Å². The number of rotatable bonds is 5. The molecule has 18 heavy (non-hydrogen) atoms. The van der Waals surface area contributed by atoms with Crippen molar-refractivity contribution in [2.24, 2.45) is 0 Å². The Morgan fingerprint density at radius 3 is 3.06 bits per heavy atom. The van der Waals surface area contributed by atoms with Crippen LogP contribution in [0.3, 0.4) is 0 Å². The molecule has 96 valence electrons. The molecule has 0 fully saturated rings. The number of imidazole rings is 1. The van der Waals surface area contributed by atoms with E-state index in [9.17, 15) is 4.79 Å². The van der Waals surface area contributed by atoms with Crippen LogP contribution < -0.4 is 10.6 Å². The normalized spacial score (nSPS) is 10.8. The molecule has 0 aliphatic heterocycles. The van der Waals surface area contributed by atoms with Crippen LogP contribution in [0.4, 0.5) is 0 Å². The van der Waals surface area contributed by atoms with Gasteiger partial charge in [0, 0.05) is 25.4 Å². The van der Waals surface area contributed by atoms with Gasteiger partial charge in [-0.15, -0.1) is 0 Å². The van der Waals surface area contributed by atoms with Crippen molar-refractivity contribution >= 4 is 23.2 Å². The highest BCUT2D eigenvalue weighted by atomic mass is 35.5. The predicted molar refractivity (Wildman–Crippen MR) is 70.6 cm³/mol. The maximum Gasteiger partial charge on any atom is 0.221 e. The molecule has 5 nitrogen and oxygen atoms in total. The zero-order chi connectivity index (χ0) is 13.0. The number of nitrogens with zero attached hydrogens (tertiary/aromatic N) is 2. The second kappa shape index (κ2) is 5.84. The fourth-order valence-electron chi connectivity index (χ4n) is 1.62. The van der Waals surface area contributed by atoms with Crippen LogP contribution in [0, 0.1) is 0 Å². The van der Waals surface area contributed by atoms with E-state index in [2.05, 4.69) is 15.6 Å². The van der Waals surface area contributed by atoms with E-state index in [0.29, 0.717) is 24.5 Å². The number of pyridine rings is 1. The summed E-state index contributed by atoms with van der Waals surface area (Å²) < 4.78 is 1.84. The van der Waals surface area contributed by atoms with Gasteiger partial charge in [0.25, 0.3) is 0 Å². The third-order valence-electron chi connectivity index (χ3n) is 2.53. The fourth-order valence-corrected chi connectivity index (χ4v) is 1.79. The monoisotopic (exact) mass is 266 g/mol. The van der Waals surface area contributed by atoms with Gasteiger partial charge < -0.3 is 15.0 Å². The van der Waals surface area contributed by atoms with E-state index in [1.807, 2.05) is 23.7 Å². The molecular formula is C12H15ClN4O. The number of hydrogen-bond acceptors (Lipinski definition) is 3. The molecule has 0 unspecified atom stereocenters. The smallest absolute Gasteiger partial charge is 0.221 e. The van der Waals surface area contributed by atoms with Crippen LogP contribution in [0.1, 0.15) is 12.1 Å². The van der Waals surface area contributed by atoms with Crippen molar-refractivity contribution in [3.05, 3.63) is 35.2 Å². The number of aromatic nitrogens is 2. The summed E-state index contributed by atoms with van der Waals surface area (Å²) in [5.74, 6) is 0.0134. The van der Waals surface area contributed by atoms with Gasteiger partial charge in [-0.1, -0.05) is 11.6 Å². The summed E-state index contributed by atoms with van der Waals surface area (Å²) in [6.07, 6.45) is 4.12. The maximum atomic E-state index is 11.4. The zero-order valence-electron chi connectivity index (χ0n) is 10.1. The Balaban J connectivity index is 1.97. The average molecular weight is 267 g/mol. The second-order valence-electron chi connectivity index (χ2n) is 3.98. The van der Waals surface area contributed by atoms with Crippen LogP contribution in [-0.2, 0) is 11.3 Å². The molecule has 0 radical (unpaired) electrons. The summed E-state index contributed by atoms with van der Waals surface area (Å²) in [5.41, 5.74) is 1.63. The van der Waals surface area contributed by atoms with Gasteiger partial charge in [0.1, 0.15) is 5.65 Å². The van der Waals surface area contributed by atoms with Gasteiger partial charge in [-0.3, -0.25) is 4.79 Å². The van der Waals surface area contributed by atoms with Crippen molar-refractivity contribution in [1.82, 2.24) is 20.0 Å². The highest BCUT2D eigenvalue weighted by molar-refractivity contribution is 6.30. The molecule has 0 spiro atoms. The van der Waals surface area contributed by atoms with Crippen LogP contribution in [0.2, 0.25) is 5.02 Å². The van der Waals surface area contributed by atoms with E-state index >= 15 is 0 Å². The molecule has 0 aliphatic rings. The molecule has 2 aromatic heterocycles. The number of carbonyl (C=O) groups is 1. The highest BCUT2D eigenvalue weighted by Gasteiger charge is 2.04. The van der Waals surface area contributed by atoms with E-state index in [1.54, 1.807) is 12.3 Å². The molecule has 1 amide bonds. The summed E-state index contributed by atoms with van der Waals surface area (Å²) >= 11 is 5.89. The lowest BCUT2D eigenvalue weighted by atomic mass is 10.4. The Hall–Kier alpha value is -1.59. The summed E-state index contributed by atoms with van der Waals surface area (Å²) in [4.78, 5) is 15.8. The van der Waals surface area contributed by atoms with Gasteiger partial charge in [-0.05, 0) is 19.2 Å². The largest absolute Gasteiger partial charge is 0.350 e. The fraction of sp³-hybridized carbons (Fsp3) is 0.333. The number of hydrogen-bond donors (Lipinski definition) is 2. The van der Waals surface area contributed by atoms with Gasteiger partial charge in [0.2, 0.25) is 5.91 Å². The van der Waals surface area contributed by atoms with Crippen LogP contribution in [-0.4, -0.2) is 28.9 Å². The van der Waals surface area contributed by atoms with Gasteiger partial charge in [-0.2, -0.15) is 0 Å². The topological polar surface area (TPSA) is 58.4 Å². The summed E-state index contributed by atoms with van der Waals surface area (Å²) in [6.45, 7) is 1.11. The third-order valence-corrected chi connectivity index (χ3v) is 2.76. The molecule has 0 saturated carbocycles. The first-order valence-electron chi connectivity index (χ1n) is 5.73. The first kappa shape index (κ1) is 12.9. The van der Waals surface area contributed by atoms with Crippen LogP contribution in [0.15, 0.2) is 24.5 Å². The van der Waals surface area contributed by atoms with Crippen molar-refractivity contribution in [1.29, 1.82) is 0 Å². The lowest BCUT2D eigenvalue weighted by Crippen LogP contribution is -2.26. The highest BCUT2D eigenvalue weighted by Crippen LogP contribution is 2.11. The Labute approximate surface area is 110 Å². The minimum absolute atomic E-state index is 0.0134. The molecule has 0 aromatic carbocycles. The Bertz CT molecular complexity index is 552. The van der Waals surface area contributed by atoms with E-state index in [-0.39, 0.29) is 5.91 Å². The number of halogens is 1. The van der Waals surface area contributed by atoms with Crippen LogP contribution in [0.5, 0.6) is 0 Å². The van der Waals surface area contributed by atoms with Gasteiger partial charge in [0.05, 0.1) is 17.3 Å². The van der Waals surface area contributed by atoms with Crippen molar-refractivity contribution in [3.8, 4) is 0 Å². The molecule has 0 bridgehead atoms. The first-order valence-corrected chi connectivity index (χ1v) is 6.11. The Morgan fingerprint density at radius 2 is 2.28 bits per heavy atom. The van der Waals surface area contributed by atoms with Crippen LogP contribution in [0.25, 0.3) is 5.65 Å². The molecule has 2 rings (SSSR count). The lowest BCUT2D eigenvalue weighted by molar-refractivity contribution is -0.121. The second-order valence-corrected chi connectivity index (χ2v) is 4.41. The standard InChI is InChI=1S/C12H15ClN4O/c1-14-5-4-12(18)15-6-10-8-17-7-9(13)2-3-11(17)16-10/h2-3,7-8,14H,4-6H2,1H3,(H,15,18). The number of amides is 1. The van der Waals surface area contributed by atoms with Crippen molar-refractivity contribution in [2.45, 2.75) is 13.0 Å². The number of carbonyl (C=O) groups excluding carboxylic acids is 1. The van der Waals surface area contributed by atoms with E-state index < -0.39 is 0 Å². The van der Waals surface area contributed by atoms with Crippen LogP contribution >= 0.6 is 11.6 Å². The lowest BCUT2D eigenvalue weighted by Gasteiger charge is -2.01. The third kappa shape index (κ3) is 3.21. The molecule has 0 atom stereocenters. The van der Waals surface area contributed by atoms with E-state index in [4.69, 9.17) is 11.6 Å². The minimum atomic E-state index is 0.0134. The molecular weight excluding hydrogens is 252 g/mol. The molecule has 0 saturated heterocycles. The van der Waals surface area contributed by atoms with Gasteiger partial charge >= 0.3 is 0 Å². The first-order chi connectivity index (χ1) is 8.69.